The lowest BCUT2D eigenvalue weighted by atomic mass is 10.2. The summed E-state index contributed by atoms with van der Waals surface area (Å²) in [5.41, 5.74) is 0. The van der Waals surface area contributed by atoms with Crippen molar-refractivity contribution < 1.29 is 14.7 Å². The molecule has 0 aromatic carbocycles. The smallest absolute Gasteiger partial charge is 0.303 e. The first-order valence-electron chi connectivity index (χ1n) is 5.64. The van der Waals surface area contributed by atoms with Crippen molar-refractivity contribution in [2.45, 2.75) is 38.5 Å². The molecule has 5 heteroatoms. The number of carbonyl (C=O) groups is 2. The van der Waals surface area contributed by atoms with Gasteiger partial charge in [0.05, 0.1) is 6.42 Å². The summed E-state index contributed by atoms with van der Waals surface area (Å²) in [6, 6.07) is 0. The van der Waals surface area contributed by atoms with Gasteiger partial charge in [-0.3, -0.25) is 9.59 Å². The fraction of sp³-hybridized carbons (Fsp3) is 0.818. The molecule has 0 aromatic rings. The molecule has 0 aromatic heterocycles. The van der Waals surface area contributed by atoms with Crippen LogP contribution >= 0.6 is 11.8 Å². The van der Waals surface area contributed by atoms with E-state index in [0.717, 1.165) is 12.8 Å². The Balaban J connectivity index is 3.18. The van der Waals surface area contributed by atoms with Gasteiger partial charge in [0.15, 0.2) is 0 Å². The van der Waals surface area contributed by atoms with E-state index >= 15 is 0 Å². The molecule has 0 unspecified atom stereocenters. The lowest BCUT2D eigenvalue weighted by molar-refractivity contribution is -0.138. The van der Waals surface area contributed by atoms with Gasteiger partial charge >= 0.3 is 5.97 Å². The fourth-order valence-corrected chi connectivity index (χ4v) is 1.75. The van der Waals surface area contributed by atoms with Gasteiger partial charge in [-0.1, -0.05) is 12.8 Å². The van der Waals surface area contributed by atoms with Crippen LogP contribution in [0.1, 0.15) is 38.5 Å². The van der Waals surface area contributed by atoms with Crippen molar-refractivity contribution in [1.82, 2.24) is 5.32 Å². The van der Waals surface area contributed by atoms with Crippen LogP contribution in [-0.4, -0.2) is 35.5 Å². The van der Waals surface area contributed by atoms with Crippen molar-refractivity contribution in [2.75, 3.05) is 18.6 Å². The predicted octanol–water partition coefficient (Wildman–Crippen LogP) is 1.89. The molecule has 4 nitrogen and oxygen atoms in total. The van der Waals surface area contributed by atoms with E-state index in [1.54, 1.807) is 0 Å². The van der Waals surface area contributed by atoms with Crippen molar-refractivity contribution in [2.24, 2.45) is 0 Å². The van der Waals surface area contributed by atoms with Crippen molar-refractivity contribution in [3.63, 3.8) is 0 Å². The zero-order valence-corrected chi connectivity index (χ0v) is 10.6. The molecule has 0 heterocycles. The Labute approximate surface area is 101 Å². The average molecular weight is 247 g/mol. The maximum absolute atomic E-state index is 11.1. The number of amides is 1. The van der Waals surface area contributed by atoms with Crippen LogP contribution in [0, 0.1) is 0 Å². The Kier molecular flexibility index (Phi) is 10.3. The van der Waals surface area contributed by atoms with Crippen LogP contribution in [0.15, 0.2) is 0 Å². The highest BCUT2D eigenvalue weighted by atomic mass is 32.2. The molecule has 2 N–H and O–H groups in total. The number of aliphatic carboxylic acids is 1. The Morgan fingerprint density at radius 3 is 2.44 bits per heavy atom. The van der Waals surface area contributed by atoms with E-state index in [1.807, 2.05) is 11.8 Å². The van der Waals surface area contributed by atoms with E-state index in [-0.39, 0.29) is 18.7 Å². The molecule has 94 valence electrons. The van der Waals surface area contributed by atoms with Crippen LogP contribution in [0.4, 0.5) is 0 Å². The van der Waals surface area contributed by atoms with Crippen LogP contribution < -0.4 is 5.32 Å². The van der Waals surface area contributed by atoms with E-state index in [9.17, 15) is 9.59 Å². The maximum atomic E-state index is 11.1. The van der Waals surface area contributed by atoms with Crippen molar-refractivity contribution in [3.05, 3.63) is 0 Å². The first-order chi connectivity index (χ1) is 7.66. The monoisotopic (exact) mass is 247 g/mol. The number of thioether (sulfide) groups is 1. The summed E-state index contributed by atoms with van der Waals surface area (Å²) >= 11 is 1.85. The molecule has 16 heavy (non-hydrogen) atoms. The average Bonchev–Trinajstić information content (AvgIpc) is 2.25. The van der Waals surface area contributed by atoms with Gasteiger partial charge in [0.25, 0.3) is 0 Å². The van der Waals surface area contributed by atoms with Crippen LogP contribution in [0.2, 0.25) is 0 Å². The molecule has 0 bridgehead atoms. The van der Waals surface area contributed by atoms with Crippen molar-refractivity contribution in [3.8, 4) is 0 Å². The standard InChI is InChI=1S/C11H21NO3S/c1-16-9-5-3-2-4-8-12-10(13)6-7-11(14)15/h2-9H2,1H3,(H,12,13)(H,14,15). The van der Waals surface area contributed by atoms with Gasteiger partial charge in [0, 0.05) is 13.0 Å². The number of hydrogen-bond donors (Lipinski definition) is 2. The number of unbranched alkanes of at least 4 members (excludes halogenated alkanes) is 3. The second-order valence-electron chi connectivity index (χ2n) is 3.65. The van der Waals surface area contributed by atoms with Gasteiger partial charge in [-0.15, -0.1) is 0 Å². The highest BCUT2D eigenvalue weighted by molar-refractivity contribution is 7.98. The highest BCUT2D eigenvalue weighted by Gasteiger charge is 2.03. The lowest BCUT2D eigenvalue weighted by Crippen LogP contribution is -2.24. The molecule has 0 aliphatic rings. The van der Waals surface area contributed by atoms with Gasteiger partial charge in [0.2, 0.25) is 5.91 Å². The van der Waals surface area contributed by atoms with Crippen LogP contribution in [-0.2, 0) is 9.59 Å². The molecular weight excluding hydrogens is 226 g/mol. The van der Waals surface area contributed by atoms with Gasteiger partial charge in [-0.2, -0.15) is 11.8 Å². The summed E-state index contributed by atoms with van der Waals surface area (Å²) in [7, 11) is 0. The molecule has 0 saturated carbocycles. The summed E-state index contributed by atoms with van der Waals surface area (Å²) in [6.07, 6.45) is 6.64. The topological polar surface area (TPSA) is 66.4 Å². The van der Waals surface area contributed by atoms with Gasteiger partial charge in [-0.05, 0) is 24.9 Å². The van der Waals surface area contributed by atoms with Crippen molar-refractivity contribution >= 4 is 23.6 Å². The molecule has 0 atom stereocenters. The second kappa shape index (κ2) is 10.8. The Bertz CT molecular complexity index is 209. The molecule has 0 saturated heterocycles. The van der Waals surface area contributed by atoms with E-state index in [2.05, 4.69) is 11.6 Å². The molecule has 1 amide bonds. The van der Waals surface area contributed by atoms with E-state index in [1.165, 1.54) is 18.6 Å². The summed E-state index contributed by atoms with van der Waals surface area (Å²) < 4.78 is 0. The molecular formula is C11H21NO3S. The molecule has 0 rings (SSSR count). The predicted molar refractivity (Wildman–Crippen MR) is 66.7 cm³/mol. The minimum atomic E-state index is -0.924. The largest absolute Gasteiger partial charge is 0.481 e. The number of hydrogen-bond acceptors (Lipinski definition) is 3. The third-order valence-corrected chi connectivity index (χ3v) is 2.86. The number of carboxylic acid groups (broad SMARTS) is 1. The first-order valence-corrected chi connectivity index (χ1v) is 7.03. The molecule has 0 spiro atoms. The number of rotatable bonds is 10. The summed E-state index contributed by atoms with van der Waals surface area (Å²) in [4.78, 5) is 21.3. The van der Waals surface area contributed by atoms with Crippen LogP contribution in [0.5, 0.6) is 0 Å². The summed E-state index contributed by atoms with van der Waals surface area (Å²) in [5.74, 6) is 0.115. The Morgan fingerprint density at radius 1 is 1.12 bits per heavy atom. The van der Waals surface area contributed by atoms with Gasteiger partial charge in [0.1, 0.15) is 0 Å². The van der Waals surface area contributed by atoms with Crippen molar-refractivity contribution in [1.29, 1.82) is 0 Å². The maximum Gasteiger partial charge on any atom is 0.303 e. The number of carboxylic acids is 1. The van der Waals surface area contributed by atoms with E-state index in [0.29, 0.717) is 6.54 Å². The lowest BCUT2D eigenvalue weighted by Gasteiger charge is -2.03. The minimum absolute atomic E-state index is 0.0838. The van der Waals surface area contributed by atoms with E-state index < -0.39 is 5.97 Å². The SMILES string of the molecule is CSCCCCCCNC(=O)CCC(=O)O. The zero-order valence-electron chi connectivity index (χ0n) is 9.83. The van der Waals surface area contributed by atoms with Gasteiger partial charge in [-0.25, -0.2) is 0 Å². The fourth-order valence-electron chi connectivity index (χ4n) is 1.26. The number of carbonyl (C=O) groups excluding carboxylic acids is 1. The normalized spacial score (nSPS) is 10.1. The van der Waals surface area contributed by atoms with Gasteiger partial charge < -0.3 is 10.4 Å². The molecule has 0 fully saturated rings. The summed E-state index contributed by atoms with van der Waals surface area (Å²) in [5, 5.41) is 11.1. The van der Waals surface area contributed by atoms with Crippen LogP contribution in [0.25, 0.3) is 0 Å². The first kappa shape index (κ1) is 15.3. The third-order valence-electron chi connectivity index (χ3n) is 2.16. The Morgan fingerprint density at radius 2 is 1.81 bits per heavy atom. The molecule has 0 aliphatic carbocycles. The van der Waals surface area contributed by atoms with Crippen LogP contribution in [0.3, 0.4) is 0 Å². The molecule has 0 aliphatic heterocycles. The number of nitrogens with one attached hydrogen (secondary N) is 1. The summed E-state index contributed by atoms with van der Waals surface area (Å²) in [6.45, 7) is 0.664. The highest BCUT2D eigenvalue weighted by Crippen LogP contribution is 2.03. The minimum Gasteiger partial charge on any atom is -0.481 e. The second-order valence-corrected chi connectivity index (χ2v) is 4.64. The Hall–Kier alpha value is -0.710. The molecule has 0 radical (unpaired) electrons. The quantitative estimate of drug-likeness (QED) is 0.579. The van der Waals surface area contributed by atoms with E-state index in [4.69, 9.17) is 5.11 Å². The third kappa shape index (κ3) is 11.4. The zero-order chi connectivity index (χ0) is 12.2.